The Labute approximate surface area is 159 Å². The quantitative estimate of drug-likeness (QED) is 0.670. The third kappa shape index (κ3) is 6.77. The molecule has 1 amide bonds. The van der Waals surface area contributed by atoms with Gasteiger partial charge in [0.15, 0.2) is 0 Å². The highest BCUT2D eigenvalue weighted by molar-refractivity contribution is 7.09. The minimum atomic E-state index is 0.0625. The van der Waals surface area contributed by atoms with Gasteiger partial charge in [-0.1, -0.05) is 43.6 Å². The third-order valence-corrected chi connectivity index (χ3v) is 5.39. The molecule has 25 heavy (non-hydrogen) atoms. The van der Waals surface area contributed by atoms with E-state index >= 15 is 0 Å². The van der Waals surface area contributed by atoms with E-state index in [9.17, 15) is 4.79 Å². The molecule has 1 N–H and O–H groups in total. The van der Waals surface area contributed by atoms with Gasteiger partial charge in [0.05, 0.1) is 12.2 Å². The van der Waals surface area contributed by atoms with E-state index in [0.717, 1.165) is 53.8 Å². The number of hydrogen-bond acceptors (Lipinski definition) is 4. The fourth-order valence-corrected chi connectivity index (χ4v) is 3.54. The highest BCUT2D eigenvalue weighted by Crippen LogP contribution is 2.17. The van der Waals surface area contributed by atoms with E-state index < -0.39 is 0 Å². The maximum atomic E-state index is 12.0. The number of thiazole rings is 1. The Bertz CT molecular complexity index is 670. The van der Waals surface area contributed by atoms with Gasteiger partial charge in [0.25, 0.3) is 0 Å². The molecule has 6 heteroatoms. The zero-order valence-electron chi connectivity index (χ0n) is 14.9. The summed E-state index contributed by atoms with van der Waals surface area (Å²) in [5.74, 6) is 0.0625. The average Bonchev–Trinajstić information content (AvgIpc) is 3.07. The van der Waals surface area contributed by atoms with Crippen LogP contribution in [0, 0.1) is 0 Å². The highest BCUT2D eigenvalue weighted by atomic mass is 35.5. The van der Waals surface area contributed by atoms with Gasteiger partial charge in [0.2, 0.25) is 5.91 Å². The van der Waals surface area contributed by atoms with E-state index in [2.05, 4.69) is 34.4 Å². The number of rotatable bonds is 10. The smallest absolute Gasteiger partial charge is 0.220 e. The lowest BCUT2D eigenvalue weighted by Gasteiger charge is -2.15. The van der Waals surface area contributed by atoms with Crippen LogP contribution >= 0.6 is 22.9 Å². The van der Waals surface area contributed by atoms with Gasteiger partial charge < -0.3 is 5.32 Å². The zero-order valence-corrected chi connectivity index (χ0v) is 16.5. The van der Waals surface area contributed by atoms with Gasteiger partial charge in [-0.25, -0.2) is 4.98 Å². The van der Waals surface area contributed by atoms with Crippen LogP contribution in [0.4, 0.5) is 0 Å². The number of nitrogens with one attached hydrogen (secondary N) is 1. The summed E-state index contributed by atoms with van der Waals surface area (Å²) in [4.78, 5) is 18.9. The van der Waals surface area contributed by atoms with E-state index in [1.165, 1.54) is 0 Å². The average molecular weight is 380 g/mol. The monoisotopic (exact) mass is 379 g/mol. The van der Waals surface area contributed by atoms with E-state index in [1.54, 1.807) is 11.3 Å². The zero-order chi connectivity index (χ0) is 18.1. The lowest BCUT2D eigenvalue weighted by atomic mass is 10.1. The van der Waals surface area contributed by atoms with Crippen LogP contribution in [0.15, 0.2) is 29.6 Å². The van der Waals surface area contributed by atoms with Crippen molar-refractivity contribution in [2.24, 2.45) is 0 Å². The minimum absolute atomic E-state index is 0.0625. The normalized spacial score (nSPS) is 11.0. The molecule has 0 saturated carbocycles. The third-order valence-electron chi connectivity index (χ3n) is 4.12. The van der Waals surface area contributed by atoms with Gasteiger partial charge in [-0.2, -0.15) is 0 Å². The first-order valence-corrected chi connectivity index (χ1v) is 10.0. The molecule has 0 atom stereocenters. The van der Waals surface area contributed by atoms with E-state index in [-0.39, 0.29) is 5.91 Å². The van der Waals surface area contributed by atoms with Crippen molar-refractivity contribution in [1.29, 1.82) is 0 Å². The Kier molecular flexibility index (Phi) is 8.38. The van der Waals surface area contributed by atoms with Crippen molar-refractivity contribution in [2.45, 2.75) is 46.2 Å². The largest absolute Gasteiger partial charge is 0.350 e. The first-order chi connectivity index (χ1) is 12.1. The molecular weight excluding hydrogens is 354 g/mol. The maximum absolute atomic E-state index is 12.0. The second-order valence-corrected chi connectivity index (χ2v) is 7.27. The van der Waals surface area contributed by atoms with Crippen molar-refractivity contribution >= 4 is 28.8 Å². The standard InChI is InChI=1S/C19H26ClN3OS/c1-3-23(4-2)13-16-14-25-19(22-16)12-21-18(24)11-7-9-15-8-5-6-10-17(15)20/h5-6,8,10,14H,3-4,7,9,11-13H2,1-2H3,(H,21,24). The Hall–Kier alpha value is -1.43. The molecule has 1 aromatic carbocycles. The molecule has 0 aliphatic rings. The number of aryl methyl sites for hydroxylation is 1. The van der Waals surface area contributed by atoms with Crippen LogP contribution in [0.25, 0.3) is 0 Å². The Morgan fingerprint density at radius 3 is 2.76 bits per heavy atom. The van der Waals surface area contributed by atoms with Crippen LogP contribution in [-0.4, -0.2) is 28.9 Å². The molecule has 2 aromatic rings. The van der Waals surface area contributed by atoms with Crippen molar-refractivity contribution in [1.82, 2.24) is 15.2 Å². The summed E-state index contributed by atoms with van der Waals surface area (Å²) in [6.45, 7) is 7.72. The SMILES string of the molecule is CCN(CC)Cc1csc(CNC(=O)CCCc2ccccc2Cl)n1. The molecule has 0 aliphatic carbocycles. The molecule has 0 radical (unpaired) electrons. The number of nitrogens with zero attached hydrogens (tertiary/aromatic N) is 2. The van der Waals surface area contributed by atoms with E-state index in [0.29, 0.717) is 13.0 Å². The summed E-state index contributed by atoms with van der Waals surface area (Å²) in [5, 5.41) is 6.77. The molecule has 0 fully saturated rings. The number of hydrogen-bond donors (Lipinski definition) is 1. The Morgan fingerprint density at radius 2 is 2.04 bits per heavy atom. The molecule has 4 nitrogen and oxygen atoms in total. The lowest BCUT2D eigenvalue weighted by molar-refractivity contribution is -0.121. The summed E-state index contributed by atoms with van der Waals surface area (Å²) in [7, 11) is 0. The topological polar surface area (TPSA) is 45.2 Å². The van der Waals surface area contributed by atoms with E-state index in [4.69, 9.17) is 11.6 Å². The van der Waals surface area contributed by atoms with Crippen LogP contribution in [0.1, 0.15) is 43.0 Å². The molecule has 0 spiro atoms. The molecule has 0 unspecified atom stereocenters. The van der Waals surface area contributed by atoms with Crippen LogP contribution in [0.5, 0.6) is 0 Å². The van der Waals surface area contributed by atoms with Crippen molar-refractivity contribution in [3.05, 3.63) is 50.9 Å². The fourth-order valence-electron chi connectivity index (χ4n) is 2.58. The summed E-state index contributed by atoms with van der Waals surface area (Å²) in [6, 6.07) is 7.78. The van der Waals surface area contributed by atoms with Crippen LogP contribution in [-0.2, 0) is 24.3 Å². The number of carbonyl (C=O) groups is 1. The lowest BCUT2D eigenvalue weighted by Crippen LogP contribution is -2.23. The first kappa shape index (κ1) is 19.9. The molecule has 2 rings (SSSR count). The molecule has 1 aromatic heterocycles. The number of benzene rings is 1. The highest BCUT2D eigenvalue weighted by Gasteiger charge is 2.08. The van der Waals surface area contributed by atoms with Crippen molar-refractivity contribution < 1.29 is 4.79 Å². The van der Waals surface area contributed by atoms with Gasteiger partial charge >= 0.3 is 0 Å². The summed E-state index contributed by atoms with van der Waals surface area (Å²) in [6.07, 6.45) is 2.11. The molecule has 1 heterocycles. The second kappa shape index (κ2) is 10.5. The van der Waals surface area contributed by atoms with Gasteiger partial charge in [0, 0.05) is 23.4 Å². The minimum Gasteiger partial charge on any atom is -0.350 e. The number of aromatic nitrogens is 1. The molecule has 0 aliphatic heterocycles. The van der Waals surface area contributed by atoms with Crippen LogP contribution in [0.2, 0.25) is 5.02 Å². The van der Waals surface area contributed by atoms with Crippen molar-refractivity contribution in [3.63, 3.8) is 0 Å². The summed E-state index contributed by atoms with van der Waals surface area (Å²) >= 11 is 7.74. The maximum Gasteiger partial charge on any atom is 0.220 e. The molecular formula is C19H26ClN3OS. The predicted octanol–water partition coefficient (Wildman–Crippen LogP) is 4.28. The molecule has 0 saturated heterocycles. The second-order valence-electron chi connectivity index (χ2n) is 5.92. The Balaban J connectivity index is 1.70. The number of carbonyl (C=O) groups excluding carboxylic acids is 1. The van der Waals surface area contributed by atoms with Gasteiger partial charge in [0.1, 0.15) is 5.01 Å². The predicted molar refractivity (Wildman–Crippen MR) is 105 cm³/mol. The van der Waals surface area contributed by atoms with E-state index in [1.807, 2.05) is 24.3 Å². The van der Waals surface area contributed by atoms with Crippen LogP contribution < -0.4 is 5.32 Å². The number of amides is 1. The van der Waals surface area contributed by atoms with Gasteiger partial charge in [-0.3, -0.25) is 9.69 Å². The fraction of sp³-hybridized carbons (Fsp3) is 0.474. The summed E-state index contributed by atoms with van der Waals surface area (Å²) in [5.41, 5.74) is 2.18. The van der Waals surface area contributed by atoms with Gasteiger partial charge in [-0.15, -0.1) is 11.3 Å². The Morgan fingerprint density at radius 1 is 1.28 bits per heavy atom. The molecule has 0 bridgehead atoms. The molecule has 136 valence electrons. The van der Waals surface area contributed by atoms with Crippen molar-refractivity contribution in [2.75, 3.05) is 13.1 Å². The summed E-state index contributed by atoms with van der Waals surface area (Å²) < 4.78 is 0. The van der Waals surface area contributed by atoms with Crippen molar-refractivity contribution in [3.8, 4) is 0 Å². The van der Waals surface area contributed by atoms with Gasteiger partial charge in [-0.05, 0) is 37.6 Å². The van der Waals surface area contributed by atoms with Crippen LogP contribution in [0.3, 0.4) is 0 Å². The first-order valence-electron chi connectivity index (χ1n) is 8.78. The number of halogens is 1.